The average Bonchev–Trinajstić information content (AvgIpc) is 3.42. The van der Waals surface area contributed by atoms with Crippen LogP contribution in [0.1, 0.15) is 297 Å². The lowest BCUT2D eigenvalue weighted by atomic mass is 10.1. The summed E-state index contributed by atoms with van der Waals surface area (Å²) in [6, 6.07) is 0. The SMILES string of the molecule is CC/C=C\C/C=C\C/C=C\C/C=C\C/C=C\CCCCCCCC(=O)OCC(COC(=O)CCCCCCCCC/C=C\C/C=C\CCCCCC)OC(=O)CCCCCCCCCCC/C=C\C/C=C\CCCCC. The first-order valence-electron chi connectivity index (χ1n) is 31.9. The highest BCUT2D eigenvalue weighted by molar-refractivity contribution is 5.71. The molecule has 76 heavy (non-hydrogen) atoms. The lowest BCUT2D eigenvalue weighted by molar-refractivity contribution is -0.167. The molecular formula is C70H118O6. The van der Waals surface area contributed by atoms with E-state index >= 15 is 0 Å². The summed E-state index contributed by atoms with van der Waals surface area (Å²) in [7, 11) is 0. The number of hydrogen-bond donors (Lipinski definition) is 0. The number of carbonyl (C=O) groups is 3. The van der Waals surface area contributed by atoms with E-state index in [0.717, 1.165) is 128 Å². The molecule has 0 radical (unpaired) electrons. The summed E-state index contributed by atoms with van der Waals surface area (Å²) in [6.45, 7) is 6.48. The Morgan fingerprint density at radius 3 is 0.829 bits per heavy atom. The molecule has 0 aromatic rings. The number of esters is 3. The van der Waals surface area contributed by atoms with Crippen LogP contribution in [-0.4, -0.2) is 37.2 Å². The summed E-state index contributed by atoms with van der Waals surface area (Å²) in [5.74, 6) is -0.914. The number of allylic oxidation sites excluding steroid dienone is 18. The lowest BCUT2D eigenvalue weighted by Crippen LogP contribution is -2.30. The Kier molecular flexibility index (Phi) is 60.3. The van der Waals surface area contributed by atoms with Crippen LogP contribution in [0.4, 0.5) is 0 Å². The molecule has 0 saturated carbocycles. The van der Waals surface area contributed by atoms with Gasteiger partial charge in [0, 0.05) is 19.3 Å². The van der Waals surface area contributed by atoms with Crippen LogP contribution < -0.4 is 0 Å². The second-order valence-corrected chi connectivity index (χ2v) is 20.9. The van der Waals surface area contributed by atoms with Gasteiger partial charge in [-0.2, -0.15) is 0 Å². The van der Waals surface area contributed by atoms with Gasteiger partial charge in [0.2, 0.25) is 0 Å². The molecule has 0 fully saturated rings. The first-order valence-corrected chi connectivity index (χ1v) is 31.9. The van der Waals surface area contributed by atoms with Gasteiger partial charge >= 0.3 is 17.9 Å². The van der Waals surface area contributed by atoms with E-state index in [1.807, 2.05) is 0 Å². The van der Waals surface area contributed by atoms with E-state index in [4.69, 9.17) is 14.2 Å². The fourth-order valence-electron chi connectivity index (χ4n) is 8.71. The van der Waals surface area contributed by atoms with Gasteiger partial charge in [0.1, 0.15) is 13.2 Å². The van der Waals surface area contributed by atoms with Gasteiger partial charge in [0.25, 0.3) is 0 Å². The van der Waals surface area contributed by atoms with Crippen molar-refractivity contribution < 1.29 is 28.6 Å². The van der Waals surface area contributed by atoms with Crippen LogP contribution in [0.3, 0.4) is 0 Å². The molecule has 0 aliphatic heterocycles. The van der Waals surface area contributed by atoms with Gasteiger partial charge in [-0.05, 0) is 128 Å². The Bertz CT molecular complexity index is 1540. The zero-order valence-corrected chi connectivity index (χ0v) is 49.7. The maximum Gasteiger partial charge on any atom is 0.306 e. The molecule has 0 heterocycles. The van der Waals surface area contributed by atoms with Crippen LogP contribution in [0.5, 0.6) is 0 Å². The highest BCUT2D eigenvalue weighted by Gasteiger charge is 2.19. The van der Waals surface area contributed by atoms with Crippen LogP contribution in [0.25, 0.3) is 0 Å². The molecular weight excluding hydrogens is 937 g/mol. The number of ether oxygens (including phenoxy) is 3. The van der Waals surface area contributed by atoms with E-state index in [2.05, 4.69) is 130 Å². The summed E-state index contributed by atoms with van der Waals surface area (Å²) in [4.78, 5) is 38.4. The molecule has 0 N–H and O–H groups in total. The van der Waals surface area contributed by atoms with Crippen molar-refractivity contribution in [2.75, 3.05) is 13.2 Å². The van der Waals surface area contributed by atoms with Gasteiger partial charge < -0.3 is 14.2 Å². The average molecular weight is 1060 g/mol. The zero-order valence-electron chi connectivity index (χ0n) is 49.7. The first kappa shape index (κ1) is 72.1. The molecule has 0 aromatic carbocycles. The third-order valence-corrected chi connectivity index (χ3v) is 13.5. The minimum absolute atomic E-state index is 0.0909. The van der Waals surface area contributed by atoms with Gasteiger partial charge in [-0.15, -0.1) is 0 Å². The third-order valence-electron chi connectivity index (χ3n) is 13.5. The quantitative estimate of drug-likeness (QED) is 0.0261. The fourth-order valence-corrected chi connectivity index (χ4v) is 8.71. The largest absolute Gasteiger partial charge is 0.462 e. The van der Waals surface area contributed by atoms with E-state index in [-0.39, 0.29) is 31.1 Å². The molecule has 1 atom stereocenters. The zero-order chi connectivity index (χ0) is 55.0. The van der Waals surface area contributed by atoms with Gasteiger partial charge in [-0.25, -0.2) is 0 Å². The van der Waals surface area contributed by atoms with Crippen molar-refractivity contribution in [3.8, 4) is 0 Å². The monoisotopic (exact) mass is 1050 g/mol. The van der Waals surface area contributed by atoms with Crippen molar-refractivity contribution in [2.24, 2.45) is 0 Å². The van der Waals surface area contributed by atoms with Crippen LogP contribution >= 0.6 is 0 Å². The van der Waals surface area contributed by atoms with Gasteiger partial charge in [-0.1, -0.05) is 259 Å². The fraction of sp³-hybridized carbons (Fsp3) is 0.700. The molecule has 6 nitrogen and oxygen atoms in total. The third kappa shape index (κ3) is 60.9. The molecule has 0 aliphatic carbocycles. The van der Waals surface area contributed by atoms with Crippen LogP contribution in [-0.2, 0) is 28.6 Å². The van der Waals surface area contributed by atoms with Crippen molar-refractivity contribution in [1.29, 1.82) is 0 Å². The lowest BCUT2D eigenvalue weighted by Gasteiger charge is -2.18. The molecule has 1 unspecified atom stereocenters. The number of unbranched alkanes of at least 4 members (excludes halogenated alkanes) is 28. The molecule has 434 valence electrons. The van der Waals surface area contributed by atoms with Gasteiger partial charge in [-0.3, -0.25) is 14.4 Å². The smallest absolute Gasteiger partial charge is 0.306 e. The topological polar surface area (TPSA) is 78.9 Å². The summed E-state index contributed by atoms with van der Waals surface area (Å²) in [6.07, 6.45) is 86.5. The molecule has 6 heteroatoms. The van der Waals surface area contributed by atoms with Crippen molar-refractivity contribution in [3.05, 3.63) is 109 Å². The molecule has 0 bridgehead atoms. The second-order valence-electron chi connectivity index (χ2n) is 20.9. The first-order chi connectivity index (χ1) is 37.5. The summed E-state index contributed by atoms with van der Waals surface area (Å²) < 4.78 is 16.9. The number of carbonyl (C=O) groups excluding carboxylic acids is 3. The van der Waals surface area contributed by atoms with Crippen LogP contribution in [0.15, 0.2) is 109 Å². The molecule has 0 amide bonds. The summed E-state index contributed by atoms with van der Waals surface area (Å²) in [5.41, 5.74) is 0. The second kappa shape index (κ2) is 63.6. The minimum Gasteiger partial charge on any atom is -0.462 e. The highest BCUT2D eigenvalue weighted by Crippen LogP contribution is 2.15. The molecule has 0 saturated heterocycles. The summed E-state index contributed by atoms with van der Waals surface area (Å²) in [5, 5.41) is 0. The van der Waals surface area contributed by atoms with E-state index in [1.165, 1.54) is 128 Å². The Balaban J connectivity index is 4.45. The van der Waals surface area contributed by atoms with Crippen molar-refractivity contribution in [3.63, 3.8) is 0 Å². The van der Waals surface area contributed by atoms with Crippen LogP contribution in [0.2, 0.25) is 0 Å². The standard InChI is InChI=1S/C70H118O6/c1-4-7-10-13-16-19-22-25-28-31-34-35-37-39-42-45-48-51-54-57-60-63-69(72)75-66-67(65-74-68(71)62-59-56-53-50-47-44-41-38-33-30-27-24-21-18-15-12-9-6-3)76-70(73)64-61-58-55-52-49-46-43-40-36-32-29-26-23-20-17-14-11-8-5-2/h7,10,16-17,19-21,24-26,28-30,33-35,39,42,67H,4-6,8-9,11-15,18,22-23,27,31-32,36-38,40-41,43-66H2,1-3H3/b10-7-,19-16-,20-17-,24-21-,28-25-,29-26-,33-30-,35-34-,42-39-. The Hall–Kier alpha value is -3.93. The maximum absolute atomic E-state index is 12.9. The van der Waals surface area contributed by atoms with E-state index in [9.17, 15) is 14.4 Å². The van der Waals surface area contributed by atoms with Crippen LogP contribution in [0, 0.1) is 0 Å². The maximum atomic E-state index is 12.9. The van der Waals surface area contributed by atoms with Gasteiger partial charge in [0.05, 0.1) is 0 Å². The van der Waals surface area contributed by atoms with Crippen molar-refractivity contribution in [2.45, 2.75) is 303 Å². The van der Waals surface area contributed by atoms with Crippen molar-refractivity contribution in [1.82, 2.24) is 0 Å². The van der Waals surface area contributed by atoms with E-state index in [0.29, 0.717) is 19.3 Å². The molecule has 0 spiro atoms. The molecule has 0 aliphatic rings. The van der Waals surface area contributed by atoms with Gasteiger partial charge in [0.15, 0.2) is 6.10 Å². The van der Waals surface area contributed by atoms with Crippen molar-refractivity contribution >= 4 is 17.9 Å². The predicted octanol–water partition coefficient (Wildman–Crippen LogP) is 21.8. The molecule has 0 aromatic heterocycles. The molecule has 0 rings (SSSR count). The highest BCUT2D eigenvalue weighted by atomic mass is 16.6. The predicted molar refractivity (Wildman–Crippen MR) is 330 cm³/mol. The number of rotatable bonds is 57. The number of hydrogen-bond acceptors (Lipinski definition) is 6. The summed E-state index contributed by atoms with van der Waals surface area (Å²) >= 11 is 0. The Morgan fingerprint density at radius 1 is 0.276 bits per heavy atom. The Labute approximate surface area is 470 Å². The minimum atomic E-state index is -0.796. The van der Waals surface area contributed by atoms with E-state index in [1.54, 1.807) is 0 Å². The van der Waals surface area contributed by atoms with E-state index < -0.39 is 6.10 Å². The normalized spacial score (nSPS) is 12.8. The Morgan fingerprint density at radius 2 is 0.513 bits per heavy atom.